The first-order valence-corrected chi connectivity index (χ1v) is 15.4. The number of nitrogens with zero attached hydrogens (tertiary/aromatic N) is 5. The number of alkyl halides is 4. The van der Waals surface area contributed by atoms with Crippen LogP contribution in [0.1, 0.15) is 71.8 Å². The Kier molecular flexibility index (Phi) is 8.50. The molecule has 17 heteroatoms. The van der Waals surface area contributed by atoms with Gasteiger partial charge in [-0.25, -0.2) is 26.9 Å². The highest BCUT2D eigenvalue weighted by atomic mass is 32.2. The minimum atomic E-state index is -3.99. The lowest BCUT2D eigenvalue weighted by atomic mass is 9.97. The SMILES string of the molecule is CS(=O)(=O)Oc1c(F)cccc1C1CC(c2csc(C3CCN(C(=O)Cn4nc(C(F)F)cc4C(F)F)CC3)n2)=NO1. The van der Waals surface area contributed by atoms with E-state index in [1.807, 2.05) is 0 Å². The zero-order valence-corrected chi connectivity index (χ0v) is 23.6. The van der Waals surface area contributed by atoms with Crippen molar-refractivity contribution in [3.63, 3.8) is 0 Å². The minimum Gasteiger partial charge on any atom is -0.387 e. The van der Waals surface area contributed by atoms with Gasteiger partial charge in [0.05, 0.1) is 17.0 Å². The molecule has 0 saturated carbocycles. The van der Waals surface area contributed by atoms with Gasteiger partial charge in [-0.3, -0.25) is 9.48 Å². The first-order chi connectivity index (χ1) is 19.9. The molecule has 0 radical (unpaired) electrons. The average Bonchev–Trinajstić information content (AvgIpc) is 3.69. The van der Waals surface area contributed by atoms with Crippen LogP contribution in [0, 0.1) is 5.82 Å². The maximum atomic E-state index is 14.4. The summed E-state index contributed by atoms with van der Waals surface area (Å²) in [7, 11) is -3.99. The summed E-state index contributed by atoms with van der Waals surface area (Å²) in [6.07, 6.45) is -4.77. The summed E-state index contributed by atoms with van der Waals surface area (Å²) >= 11 is 1.39. The third-order valence-electron chi connectivity index (χ3n) is 6.82. The third kappa shape index (κ3) is 6.56. The Morgan fingerprint density at radius 2 is 1.93 bits per heavy atom. The molecule has 42 heavy (non-hydrogen) atoms. The second-order valence-electron chi connectivity index (χ2n) is 9.76. The van der Waals surface area contributed by atoms with Gasteiger partial charge in [0.1, 0.15) is 23.6 Å². The lowest BCUT2D eigenvalue weighted by Crippen LogP contribution is -2.40. The minimum absolute atomic E-state index is 0.0104. The first kappa shape index (κ1) is 29.9. The number of oxime groups is 1. The van der Waals surface area contributed by atoms with Crippen molar-refractivity contribution in [1.29, 1.82) is 0 Å². The Bertz CT molecular complexity index is 1600. The number of thiazole rings is 1. The number of hydrogen-bond donors (Lipinski definition) is 0. The van der Waals surface area contributed by atoms with Crippen LogP contribution in [0.15, 0.2) is 34.8 Å². The van der Waals surface area contributed by atoms with E-state index in [0.717, 1.165) is 17.3 Å². The molecule has 1 amide bonds. The zero-order chi connectivity index (χ0) is 30.2. The van der Waals surface area contributed by atoms with Gasteiger partial charge >= 0.3 is 10.1 Å². The van der Waals surface area contributed by atoms with E-state index in [2.05, 4.69) is 15.2 Å². The topological polar surface area (TPSA) is 116 Å². The predicted molar refractivity (Wildman–Crippen MR) is 140 cm³/mol. The summed E-state index contributed by atoms with van der Waals surface area (Å²) in [5.41, 5.74) is -0.319. The molecule has 4 heterocycles. The lowest BCUT2D eigenvalue weighted by Gasteiger charge is -2.31. The van der Waals surface area contributed by atoms with Crippen molar-refractivity contribution in [3.8, 4) is 5.75 Å². The molecule has 2 aliphatic heterocycles. The molecule has 1 fully saturated rings. The van der Waals surface area contributed by atoms with Gasteiger partial charge in [-0.2, -0.15) is 13.5 Å². The molecule has 0 bridgehead atoms. The van der Waals surface area contributed by atoms with Crippen molar-refractivity contribution in [3.05, 3.63) is 63.1 Å². The number of para-hydroxylation sites is 1. The number of benzene rings is 1. The molecule has 1 unspecified atom stereocenters. The molecular weight excluding hydrogens is 609 g/mol. The van der Waals surface area contributed by atoms with E-state index in [9.17, 15) is 35.2 Å². The van der Waals surface area contributed by atoms with Gasteiger partial charge in [0.15, 0.2) is 17.7 Å². The summed E-state index contributed by atoms with van der Waals surface area (Å²) in [5, 5.41) is 10.1. The van der Waals surface area contributed by atoms with Crippen LogP contribution in [0.25, 0.3) is 0 Å². The molecule has 5 rings (SSSR count). The fraction of sp³-hybridized carbons (Fsp3) is 0.440. The number of carbonyl (C=O) groups is 1. The summed E-state index contributed by atoms with van der Waals surface area (Å²) in [6.45, 7) is 0.0716. The van der Waals surface area contributed by atoms with Crippen LogP contribution >= 0.6 is 11.3 Å². The maximum Gasteiger partial charge on any atom is 0.306 e. The molecule has 3 aromatic rings. The number of aromatic nitrogens is 3. The number of piperidine rings is 1. The van der Waals surface area contributed by atoms with Gasteiger partial charge in [0, 0.05) is 36.4 Å². The number of hydrogen-bond acceptors (Lipinski definition) is 9. The van der Waals surface area contributed by atoms with Crippen molar-refractivity contribution in [2.24, 2.45) is 5.16 Å². The maximum absolute atomic E-state index is 14.4. The Morgan fingerprint density at radius 1 is 1.19 bits per heavy atom. The molecule has 1 atom stereocenters. The molecule has 0 spiro atoms. The largest absolute Gasteiger partial charge is 0.387 e. The van der Waals surface area contributed by atoms with E-state index in [4.69, 9.17) is 9.02 Å². The number of amides is 1. The highest BCUT2D eigenvalue weighted by molar-refractivity contribution is 7.86. The number of rotatable bonds is 9. The van der Waals surface area contributed by atoms with Crippen molar-refractivity contribution >= 4 is 33.1 Å². The third-order valence-corrected chi connectivity index (χ3v) is 8.30. The second kappa shape index (κ2) is 11.9. The van der Waals surface area contributed by atoms with E-state index >= 15 is 0 Å². The predicted octanol–water partition coefficient (Wildman–Crippen LogP) is 4.96. The average molecular weight is 634 g/mol. The molecule has 226 valence electrons. The Morgan fingerprint density at radius 3 is 2.60 bits per heavy atom. The highest BCUT2D eigenvalue weighted by Crippen LogP contribution is 2.38. The molecule has 1 saturated heterocycles. The fourth-order valence-corrected chi connectivity index (χ4v) is 6.27. The Balaban J connectivity index is 1.19. The van der Waals surface area contributed by atoms with Crippen LogP contribution in [-0.4, -0.2) is 59.0 Å². The van der Waals surface area contributed by atoms with Gasteiger partial charge in [-0.05, 0) is 25.0 Å². The van der Waals surface area contributed by atoms with Gasteiger partial charge < -0.3 is 13.9 Å². The van der Waals surface area contributed by atoms with Crippen LogP contribution in [0.4, 0.5) is 22.0 Å². The molecule has 2 aliphatic rings. The van der Waals surface area contributed by atoms with Gasteiger partial charge in [0.2, 0.25) is 5.91 Å². The van der Waals surface area contributed by atoms with Gasteiger partial charge in [-0.15, -0.1) is 11.3 Å². The molecular formula is C25H24F5N5O5S2. The Hall–Kier alpha value is -3.60. The monoisotopic (exact) mass is 633 g/mol. The van der Waals surface area contributed by atoms with Crippen molar-refractivity contribution < 1.29 is 44.2 Å². The molecule has 1 aromatic carbocycles. The standard InChI is InChI=1S/C25H24F5N5O5S2/c1-42(37,38)40-22-14(3-2-4-15(22)26)20-10-16(33-39-20)18-12-41-25(31-18)13-5-7-34(8-6-13)21(36)11-35-19(24(29)30)9-17(32-35)23(27)28/h2-4,9,12-13,20,23-24H,5-8,10-11H2,1H3. The lowest BCUT2D eigenvalue weighted by molar-refractivity contribution is -0.133. The molecule has 2 aromatic heterocycles. The molecule has 0 aliphatic carbocycles. The summed E-state index contributed by atoms with van der Waals surface area (Å²) in [6, 6.07) is 4.59. The number of likely N-dealkylation sites (tertiary alicyclic amines) is 1. The number of halogens is 5. The normalized spacial score (nSPS) is 18.0. The van der Waals surface area contributed by atoms with E-state index in [1.165, 1.54) is 28.4 Å². The van der Waals surface area contributed by atoms with Crippen molar-refractivity contribution in [2.75, 3.05) is 19.3 Å². The summed E-state index contributed by atoms with van der Waals surface area (Å²) in [4.78, 5) is 24.4. The molecule has 0 N–H and O–H groups in total. The van der Waals surface area contributed by atoms with E-state index in [1.54, 1.807) is 5.38 Å². The van der Waals surface area contributed by atoms with Crippen molar-refractivity contribution in [2.45, 2.75) is 50.7 Å². The Labute approximate surface area is 240 Å². The second-order valence-corrected chi connectivity index (χ2v) is 12.2. The van der Waals surface area contributed by atoms with Crippen LogP contribution < -0.4 is 4.18 Å². The zero-order valence-electron chi connectivity index (χ0n) is 21.9. The fourth-order valence-electron chi connectivity index (χ4n) is 4.79. The first-order valence-electron chi connectivity index (χ1n) is 12.7. The number of carbonyl (C=O) groups excluding carboxylic acids is 1. The van der Waals surface area contributed by atoms with E-state index in [0.29, 0.717) is 48.1 Å². The van der Waals surface area contributed by atoms with E-state index < -0.39 is 64.5 Å². The molecule has 10 nitrogen and oxygen atoms in total. The highest BCUT2D eigenvalue weighted by Gasteiger charge is 2.32. The van der Waals surface area contributed by atoms with Gasteiger partial charge in [0.25, 0.3) is 12.9 Å². The van der Waals surface area contributed by atoms with Crippen LogP contribution in [-0.2, 0) is 26.3 Å². The van der Waals surface area contributed by atoms with Gasteiger partial charge in [-0.1, -0.05) is 17.3 Å². The van der Waals surface area contributed by atoms with Crippen LogP contribution in [0.2, 0.25) is 0 Å². The van der Waals surface area contributed by atoms with Crippen LogP contribution in [0.3, 0.4) is 0 Å². The summed E-state index contributed by atoms with van der Waals surface area (Å²) in [5.74, 6) is -1.79. The van der Waals surface area contributed by atoms with E-state index in [-0.39, 0.29) is 17.9 Å². The summed E-state index contributed by atoms with van der Waals surface area (Å²) < 4.78 is 95.4. The van der Waals surface area contributed by atoms with Crippen molar-refractivity contribution in [1.82, 2.24) is 19.7 Å². The van der Waals surface area contributed by atoms with Crippen LogP contribution in [0.5, 0.6) is 5.75 Å². The smallest absolute Gasteiger partial charge is 0.306 e. The quantitative estimate of drug-likeness (QED) is 0.242.